The quantitative estimate of drug-likeness (QED) is 0.694. The van der Waals surface area contributed by atoms with Crippen molar-refractivity contribution in [2.75, 3.05) is 13.2 Å². The number of benzene rings is 1. The van der Waals surface area contributed by atoms with Crippen LogP contribution in [0.5, 0.6) is 0 Å². The summed E-state index contributed by atoms with van der Waals surface area (Å²) in [5.41, 5.74) is 1.39. The maximum Gasteiger partial charge on any atom is 0.0482 e. The maximum atomic E-state index is 9.11. The van der Waals surface area contributed by atoms with Crippen molar-refractivity contribution >= 4 is 0 Å². The van der Waals surface area contributed by atoms with Gasteiger partial charge >= 0.3 is 0 Å². The predicted molar refractivity (Wildman–Crippen MR) is 68.2 cm³/mol. The standard InChI is InChI=1S/C14H23NO/c1-14(2,12-16)9-6-10-15-11-13-7-4-3-5-8-13/h3-5,7-8,15-16H,6,9-12H2,1-2H3. The number of hydrogen-bond donors (Lipinski definition) is 2. The van der Waals surface area contributed by atoms with Crippen molar-refractivity contribution in [3.05, 3.63) is 35.9 Å². The van der Waals surface area contributed by atoms with Crippen molar-refractivity contribution in [1.29, 1.82) is 0 Å². The summed E-state index contributed by atoms with van der Waals surface area (Å²) in [6, 6.07) is 10.4. The molecule has 0 aliphatic carbocycles. The van der Waals surface area contributed by atoms with Crippen LogP contribution in [-0.4, -0.2) is 18.3 Å². The Morgan fingerprint density at radius 1 is 1.19 bits per heavy atom. The van der Waals surface area contributed by atoms with Gasteiger partial charge in [-0.2, -0.15) is 0 Å². The van der Waals surface area contributed by atoms with E-state index in [2.05, 4.69) is 43.4 Å². The van der Waals surface area contributed by atoms with Crippen LogP contribution in [0.3, 0.4) is 0 Å². The van der Waals surface area contributed by atoms with E-state index in [1.54, 1.807) is 0 Å². The zero-order chi connectivity index (χ0) is 11.9. The number of aliphatic hydroxyl groups excluding tert-OH is 1. The molecule has 1 rings (SSSR count). The molecule has 2 nitrogen and oxygen atoms in total. The zero-order valence-electron chi connectivity index (χ0n) is 10.4. The third-order valence-corrected chi connectivity index (χ3v) is 2.81. The lowest BCUT2D eigenvalue weighted by Crippen LogP contribution is -2.20. The summed E-state index contributed by atoms with van der Waals surface area (Å²) in [6.45, 7) is 6.42. The van der Waals surface area contributed by atoms with Crippen molar-refractivity contribution in [2.45, 2.75) is 33.2 Å². The van der Waals surface area contributed by atoms with Gasteiger partial charge in [0, 0.05) is 13.2 Å². The molecule has 0 spiro atoms. The molecule has 0 atom stereocenters. The number of aliphatic hydroxyl groups is 1. The van der Waals surface area contributed by atoms with Gasteiger partial charge < -0.3 is 10.4 Å². The van der Waals surface area contributed by atoms with E-state index in [0.717, 1.165) is 25.9 Å². The molecule has 0 fully saturated rings. The van der Waals surface area contributed by atoms with Crippen LogP contribution in [0.25, 0.3) is 0 Å². The maximum absolute atomic E-state index is 9.11. The average Bonchev–Trinajstić information content (AvgIpc) is 2.30. The third kappa shape index (κ3) is 5.29. The Morgan fingerprint density at radius 3 is 2.50 bits per heavy atom. The Morgan fingerprint density at radius 2 is 1.88 bits per heavy atom. The van der Waals surface area contributed by atoms with Gasteiger partial charge in [-0.1, -0.05) is 44.2 Å². The normalized spacial score (nSPS) is 11.7. The molecule has 90 valence electrons. The van der Waals surface area contributed by atoms with E-state index in [1.165, 1.54) is 5.56 Å². The van der Waals surface area contributed by atoms with E-state index in [0.29, 0.717) is 0 Å². The molecule has 0 bridgehead atoms. The summed E-state index contributed by atoms with van der Waals surface area (Å²) in [7, 11) is 0. The third-order valence-electron chi connectivity index (χ3n) is 2.81. The molecule has 2 heteroatoms. The monoisotopic (exact) mass is 221 g/mol. The fourth-order valence-corrected chi connectivity index (χ4v) is 1.60. The van der Waals surface area contributed by atoms with Crippen LogP contribution in [0.1, 0.15) is 32.3 Å². The van der Waals surface area contributed by atoms with Crippen LogP contribution in [0.4, 0.5) is 0 Å². The second-order valence-electron chi connectivity index (χ2n) is 5.09. The molecule has 0 radical (unpaired) electrons. The highest BCUT2D eigenvalue weighted by molar-refractivity contribution is 5.14. The van der Waals surface area contributed by atoms with Crippen molar-refractivity contribution < 1.29 is 5.11 Å². The van der Waals surface area contributed by atoms with Gasteiger partial charge in [0.25, 0.3) is 0 Å². The fraction of sp³-hybridized carbons (Fsp3) is 0.571. The first-order valence-corrected chi connectivity index (χ1v) is 5.99. The smallest absolute Gasteiger partial charge is 0.0482 e. The number of rotatable bonds is 7. The highest BCUT2D eigenvalue weighted by Crippen LogP contribution is 2.20. The van der Waals surface area contributed by atoms with Crippen molar-refractivity contribution in [3.63, 3.8) is 0 Å². The molecule has 1 aromatic rings. The van der Waals surface area contributed by atoms with Crippen LogP contribution in [0.15, 0.2) is 30.3 Å². The number of nitrogens with one attached hydrogen (secondary N) is 1. The topological polar surface area (TPSA) is 32.3 Å². The molecule has 0 aliphatic rings. The molecule has 0 saturated carbocycles. The summed E-state index contributed by atoms with van der Waals surface area (Å²) in [5, 5.41) is 12.5. The van der Waals surface area contributed by atoms with E-state index < -0.39 is 0 Å². The van der Waals surface area contributed by atoms with Crippen LogP contribution in [-0.2, 0) is 6.54 Å². The van der Waals surface area contributed by atoms with Crippen molar-refractivity contribution in [2.24, 2.45) is 5.41 Å². The minimum absolute atomic E-state index is 0.0639. The second kappa shape index (κ2) is 6.66. The van der Waals surface area contributed by atoms with Gasteiger partial charge in [-0.3, -0.25) is 0 Å². The molecule has 2 N–H and O–H groups in total. The molecule has 0 aliphatic heterocycles. The van der Waals surface area contributed by atoms with Gasteiger partial charge in [0.2, 0.25) is 0 Å². The van der Waals surface area contributed by atoms with Gasteiger partial charge in [-0.15, -0.1) is 0 Å². The SMILES string of the molecule is CC(C)(CO)CCCNCc1ccccc1. The van der Waals surface area contributed by atoms with E-state index in [-0.39, 0.29) is 12.0 Å². The highest BCUT2D eigenvalue weighted by Gasteiger charge is 2.14. The lowest BCUT2D eigenvalue weighted by molar-refractivity contribution is 0.148. The first-order valence-electron chi connectivity index (χ1n) is 5.99. The average molecular weight is 221 g/mol. The Kier molecular flexibility index (Phi) is 5.50. The van der Waals surface area contributed by atoms with E-state index in [4.69, 9.17) is 5.11 Å². The molecule has 0 aromatic heterocycles. The van der Waals surface area contributed by atoms with Crippen LogP contribution < -0.4 is 5.32 Å². The Hall–Kier alpha value is -0.860. The number of hydrogen-bond acceptors (Lipinski definition) is 2. The molecular formula is C14H23NO. The predicted octanol–water partition coefficient (Wildman–Crippen LogP) is 2.57. The van der Waals surface area contributed by atoms with Gasteiger partial charge in [0.15, 0.2) is 0 Å². The summed E-state index contributed by atoms with van der Waals surface area (Å²) >= 11 is 0. The fourth-order valence-electron chi connectivity index (χ4n) is 1.60. The summed E-state index contributed by atoms with van der Waals surface area (Å²) in [4.78, 5) is 0. The van der Waals surface area contributed by atoms with Crippen LogP contribution >= 0.6 is 0 Å². The van der Waals surface area contributed by atoms with Gasteiger partial charge in [-0.05, 0) is 30.4 Å². The summed E-state index contributed by atoms with van der Waals surface area (Å²) < 4.78 is 0. The molecular weight excluding hydrogens is 198 g/mol. The molecule has 0 heterocycles. The van der Waals surface area contributed by atoms with Crippen molar-refractivity contribution in [3.8, 4) is 0 Å². The minimum atomic E-state index is 0.0639. The summed E-state index contributed by atoms with van der Waals surface area (Å²) in [5.74, 6) is 0. The van der Waals surface area contributed by atoms with E-state index in [1.807, 2.05) is 6.07 Å². The first-order chi connectivity index (χ1) is 7.64. The molecule has 0 amide bonds. The van der Waals surface area contributed by atoms with Crippen LogP contribution in [0, 0.1) is 5.41 Å². The lowest BCUT2D eigenvalue weighted by Gasteiger charge is -2.21. The molecule has 16 heavy (non-hydrogen) atoms. The van der Waals surface area contributed by atoms with Gasteiger partial charge in [0.1, 0.15) is 0 Å². The van der Waals surface area contributed by atoms with E-state index >= 15 is 0 Å². The lowest BCUT2D eigenvalue weighted by atomic mass is 9.89. The zero-order valence-corrected chi connectivity index (χ0v) is 10.4. The van der Waals surface area contributed by atoms with Crippen LogP contribution in [0.2, 0.25) is 0 Å². The summed E-state index contributed by atoms with van der Waals surface area (Å²) in [6.07, 6.45) is 2.17. The van der Waals surface area contributed by atoms with Crippen molar-refractivity contribution in [1.82, 2.24) is 5.32 Å². The molecule has 1 aromatic carbocycles. The molecule has 0 unspecified atom stereocenters. The van der Waals surface area contributed by atoms with Gasteiger partial charge in [-0.25, -0.2) is 0 Å². The largest absolute Gasteiger partial charge is 0.396 e. The Labute approximate surface area is 98.7 Å². The minimum Gasteiger partial charge on any atom is -0.396 e. The Bertz CT molecular complexity index is 282. The highest BCUT2D eigenvalue weighted by atomic mass is 16.3. The molecule has 0 saturated heterocycles. The second-order valence-corrected chi connectivity index (χ2v) is 5.09. The first kappa shape index (κ1) is 13.2. The Balaban J connectivity index is 2.09. The van der Waals surface area contributed by atoms with Gasteiger partial charge in [0.05, 0.1) is 0 Å². The van der Waals surface area contributed by atoms with E-state index in [9.17, 15) is 0 Å².